The fourth-order valence-electron chi connectivity index (χ4n) is 1.86. The van der Waals surface area contributed by atoms with E-state index in [-0.39, 0.29) is 5.78 Å². The van der Waals surface area contributed by atoms with E-state index < -0.39 is 15.8 Å². The molecule has 0 aliphatic carbocycles. The van der Waals surface area contributed by atoms with Crippen LogP contribution in [0.3, 0.4) is 0 Å². The molecule has 1 aliphatic rings. The Morgan fingerprint density at radius 2 is 2.00 bits per heavy atom. The van der Waals surface area contributed by atoms with Gasteiger partial charge in [-0.3, -0.25) is 9.10 Å². The Hall–Kier alpha value is -1.36. The highest BCUT2D eigenvalue weighted by Gasteiger charge is 2.33. The predicted molar refractivity (Wildman–Crippen MR) is 62.2 cm³/mol. The lowest BCUT2D eigenvalue weighted by Gasteiger charge is -2.29. The summed E-state index contributed by atoms with van der Waals surface area (Å²) < 4.78 is 25.0. The number of benzene rings is 1. The number of fused-ring (bicyclic) bond motifs is 1. The molecule has 0 bridgehead atoms. The van der Waals surface area contributed by atoms with Crippen LogP contribution in [0, 0.1) is 0 Å². The van der Waals surface area contributed by atoms with E-state index in [4.69, 9.17) is 0 Å². The largest absolute Gasteiger partial charge is 0.293 e. The van der Waals surface area contributed by atoms with E-state index in [0.717, 1.165) is 6.42 Å². The number of hydrogen-bond donors (Lipinski definition) is 0. The molecule has 86 valence electrons. The second-order valence-electron chi connectivity index (χ2n) is 3.77. The van der Waals surface area contributed by atoms with Crippen molar-refractivity contribution in [2.24, 2.45) is 0 Å². The van der Waals surface area contributed by atoms with Gasteiger partial charge in [0, 0.05) is 12.1 Å². The molecule has 16 heavy (non-hydrogen) atoms. The quantitative estimate of drug-likeness (QED) is 0.784. The Labute approximate surface area is 94.9 Å². The first-order chi connectivity index (χ1) is 7.56. The Balaban J connectivity index is 2.59. The molecule has 0 saturated heterocycles. The van der Waals surface area contributed by atoms with Crippen LogP contribution in [0.5, 0.6) is 0 Å². The average molecular weight is 239 g/mol. The minimum absolute atomic E-state index is 0.317. The number of carbonyl (C=O) groups is 1. The average Bonchev–Trinajstić information content (AvgIpc) is 2.23. The minimum Gasteiger partial charge on any atom is -0.293 e. The summed E-state index contributed by atoms with van der Waals surface area (Å²) in [6.45, 7) is 2.33. The molecule has 0 saturated carbocycles. The number of sulfonamides is 1. The third kappa shape index (κ3) is 1.71. The Kier molecular flexibility index (Phi) is 2.71. The van der Waals surface area contributed by atoms with E-state index in [1.165, 1.54) is 4.31 Å². The van der Waals surface area contributed by atoms with E-state index >= 15 is 0 Å². The van der Waals surface area contributed by atoms with Gasteiger partial charge >= 0.3 is 0 Å². The zero-order valence-corrected chi connectivity index (χ0v) is 9.83. The van der Waals surface area contributed by atoms with Gasteiger partial charge in [0.2, 0.25) is 10.0 Å². The maximum atomic E-state index is 11.8. The van der Waals surface area contributed by atoms with Gasteiger partial charge in [-0.1, -0.05) is 19.1 Å². The van der Waals surface area contributed by atoms with Crippen LogP contribution in [0.15, 0.2) is 24.3 Å². The molecule has 0 atom stereocenters. The van der Waals surface area contributed by atoms with Crippen molar-refractivity contribution in [2.75, 3.05) is 16.6 Å². The summed E-state index contributed by atoms with van der Waals surface area (Å²) in [4.78, 5) is 11.6. The van der Waals surface area contributed by atoms with Crippen molar-refractivity contribution in [2.45, 2.75) is 13.3 Å². The van der Waals surface area contributed by atoms with Crippen LogP contribution in [0.4, 0.5) is 5.69 Å². The molecule has 0 radical (unpaired) electrons. The maximum Gasteiger partial charge on any atom is 0.242 e. The second kappa shape index (κ2) is 3.90. The van der Waals surface area contributed by atoms with Gasteiger partial charge in [0.25, 0.3) is 0 Å². The van der Waals surface area contributed by atoms with Gasteiger partial charge in [-0.2, -0.15) is 0 Å². The Morgan fingerprint density at radius 3 is 2.69 bits per heavy atom. The second-order valence-corrected chi connectivity index (χ2v) is 5.66. The monoisotopic (exact) mass is 239 g/mol. The van der Waals surface area contributed by atoms with Gasteiger partial charge in [-0.05, 0) is 18.6 Å². The van der Waals surface area contributed by atoms with Crippen molar-refractivity contribution in [1.29, 1.82) is 0 Å². The van der Waals surface area contributed by atoms with Crippen LogP contribution >= 0.6 is 0 Å². The summed E-state index contributed by atoms with van der Waals surface area (Å²) in [5.41, 5.74) is 1.02. The molecular formula is C11H13NO3S. The normalized spacial score (nSPS) is 18.3. The van der Waals surface area contributed by atoms with Crippen LogP contribution < -0.4 is 4.31 Å². The molecule has 0 unspecified atom stereocenters. The van der Waals surface area contributed by atoms with E-state index in [1.54, 1.807) is 24.3 Å². The Bertz CT molecular complexity index is 522. The maximum absolute atomic E-state index is 11.8. The lowest BCUT2D eigenvalue weighted by atomic mass is 10.1. The van der Waals surface area contributed by atoms with Crippen molar-refractivity contribution in [3.63, 3.8) is 0 Å². The number of carbonyl (C=O) groups excluding carboxylic acids is 1. The summed E-state index contributed by atoms with van der Waals surface area (Å²) >= 11 is 0. The van der Waals surface area contributed by atoms with Crippen molar-refractivity contribution >= 4 is 21.5 Å². The molecule has 0 aromatic heterocycles. The van der Waals surface area contributed by atoms with Crippen LogP contribution in [-0.4, -0.2) is 26.5 Å². The Morgan fingerprint density at radius 1 is 1.31 bits per heavy atom. The summed E-state index contributed by atoms with van der Waals surface area (Å²) in [5, 5.41) is 0. The van der Waals surface area contributed by atoms with Crippen LogP contribution in [-0.2, 0) is 10.0 Å². The number of para-hydroxylation sites is 1. The third-order valence-electron chi connectivity index (χ3n) is 2.55. The van der Waals surface area contributed by atoms with Gasteiger partial charge < -0.3 is 0 Å². The van der Waals surface area contributed by atoms with Crippen molar-refractivity contribution in [3.05, 3.63) is 29.8 Å². The fourth-order valence-corrected chi connectivity index (χ4v) is 3.42. The van der Waals surface area contributed by atoms with Gasteiger partial charge in [-0.25, -0.2) is 8.42 Å². The molecule has 5 heteroatoms. The standard InChI is InChI=1S/C11H13NO3S/c1-2-7-12-10-6-4-3-5-9(10)11(13)8-16(12,14)15/h3-6H,2,7-8H2,1H3. The molecule has 1 aromatic rings. The highest BCUT2D eigenvalue weighted by molar-refractivity contribution is 7.93. The zero-order chi connectivity index (χ0) is 11.8. The minimum atomic E-state index is -3.46. The first-order valence-corrected chi connectivity index (χ1v) is 6.80. The predicted octanol–water partition coefficient (Wildman–Crippen LogP) is 1.43. The van der Waals surface area contributed by atoms with Crippen LogP contribution in [0.25, 0.3) is 0 Å². The lowest BCUT2D eigenvalue weighted by molar-refractivity contribution is 0.102. The highest BCUT2D eigenvalue weighted by atomic mass is 32.2. The summed E-state index contributed by atoms with van der Waals surface area (Å²) in [7, 11) is -3.46. The van der Waals surface area contributed by atoms with Crippen LogP contribution in [0.1, 0.15) is 23.7 Å². The van der Waals surface area contributed by atoms with E-state index in [9.17, 15) is 13.2 Å². The van der Waals surface area contributed by atoms with Gasteiger partial charge in [0.05, 0.1) is 5.69 Å². The highest BCUT2D eigenvalue weighted by Crippen LogP contribution is 2.29. The molecule has 0 fully saturated rings. The van der Waals surface area contributed by atoms with E-state index in [1.807, 2.05) is 6.92 Å². The molecule has 1 heterocycles. The zero-order valence-electron chi connectivity index (χ0n) is 9.01. The molecule has 0 N–H and O–H groups in total. The number of Topliss-reactive ketones (excluding diaryl/α,β-unsaturated/α-hetero) is 1. The molecule has 4 nitrogen and oxygen atoms in total. The first-order valence-electron chi connectivity index (χ1n) is 5.19. The van der Waals surface area contributed by atoms with Gasteiger partial charge in [0.15, 0.2) is 5.78 Å². The fraction of sp³-hybridized carbons (Fsp3) is 0.364. The first kappa shape index (κ1) is 11.1. The molecule has 1 aromatic carbocycles. The number of anilines is 1. The molecule has 0 amide bonds. The third-order valence-corrected chi connectivity index (χ3v) is 4.23. The van der Waals surface area contributed by atoms with Crippen molar-refractivity contribution < 1.29 is 13.2 Å². The number of nitrogens with zero attached hydrogens (tertiary/aromatic N) is 1. The van der Waals surface area contributed by atoms with Crippen LogP contribution in [0.2, 0.25) is 0 Å². The summed E-state index contributed by atoms with van der Waals surface area (Å²) in [6, 6.07) is 6.85. The number of hydrogen-bond acceptors (Lipinski definition) is 3. The van der Waals surface area contributed by atoms with Crippen molar-refractivity contribution in [3.8, 4) is 0 Å². The summed E-state index contributed by atoms with van der Waals surface area (Å²) in [5.74, 6) is -0.729. The lowest BCUT2D eigenvalue weighted by Crippen LogP contribution is -2.41. The van der Waals surface area contributed by atoms with E-state index in [2.05, 4.69) is 0 Å². The van der Waals surface area contributed by atoms with E-state index in [0.29, 0.717) is 17.8 Å². The smallest absolute Gasteiger partial charge is 0.242 e. The SMILES string of the molecule is CCCN1c2ccccc2C(=O)CS1(=O)=O. The molecule has 2 rings (SSSR count). The molecular weight excluding hydrogens is 226 g/mol. The molecule has 0 spiro atoms. The molecule has 1 aliphatic heterocycles. The summed E-state index contributed by atoms with van der Waals surface area (Å²) in [6.07, 6.45) is 0.724. The van der Waals surface area contributed by atoms with Crippen molar-refractivity contribution in [1.82, 2.24) is 0 Å². The topological polar surface area (TPSA) is 54.5 Å². The van der Waals surface area contributed by atoms with Gasteiger partial charge in [-0.15, -0.1) is 0 Å². The van der Waals surface area contributed by atoms with Gasteiger partial charge in [0.1, 0.15) is 5.75 Å². The number of rotatable bonds is 2. The number of ketones is 1.